The molecule has 2 N–H and O–H groups in total. The summed E-state index contributed by atoms with van der Waals surface area (Å²) in [6, 6.07) is 8.21. The zero-order valence-corrected chi connectivity index (χ0v) is 15.9. The number of benzene rings is 1. The number of ether oxygens (including phenoxy) is 1. The second kappa shape index (κ2) is 8.21. The monoisotopic (exact) mass is 343 g/mol. The van der Waals surface area contributed by atoms with Gasteiger partial charge in [0.05, 0.1) is 5.56 Å². The summed E-state index contributed by atoms with van der Waals surface area (Å²) in [5.74, 6) is -0.379. The van der Waals surface area contributed by atoms with Gasteiger partial charge >= 0.3 is 0 Å². The number of hydrogen-bond donors (Lipinski definition) is 1. The van der Waals surface area contributed by atoms with Gasteiger partial charge in [0.25, 0.3) is 5.91 Å². The van der Waals surface area contributed by atoms with Crippen LogP contribution in [0, 0.1) is 13.8 Å². The van der Waals surface area contributed by atoms with Gasteiger partial charge in [-0.2, -0.15) is 0 Å². The normalized spacial score (nSPS) is 10.9. The Labute approximate surface area is 150 Å². The van der Waals surface area contributed by atoms with Crippen LogP contribution in [0.4, 0.5) is 5.69 Å². The average molecular weight is 343 g/mol. The van der Waals surface area contributed by atoms with Crippen molar-refractivity contribution in [3.05, 3.63) is 41.2 Å². The molecule has 2 aromatic rings. The molecule has 0 spiro atoms. The Hall–Kier alpha value is -2.27. The summed E-state index contributed by atoms with van der Waals surface area (Å²) < 4.78 is 7.60. The number of nitrogens with two attached hydrogens (primary N) is 1. The Morgan fingerprint density at radius 3 is 2.32 bits per heavy atom. The number of carbonyl (C=O) groups is 1. The van der Waals surface area contributed by atoms with Crippen molar-refractivity contribution in [2.45, 2.75) is 33.7 Å². The van der Waals surface area contributed by atoms with Crippen LogP contribution < -0.4 is 10.6 Å². The lowest BCUT2D eigenvalue weighted by molar-refractivity contribution is 0.1000. The van der Waals surface area contributed by atoms with Crippen molar-refractivity contribution < 1.29 is 9.53 Å². The Morgan fingerprint density at radius 2 is 1.80 bits per heavy atom. The lowest BCUT2D eigenvalue weighted by Gasteiger charge is -2.13. The Bertz CT molecular complexity index is 730. The van der Waals surface area contributed by atoms with Crippen molar-refractivity contribution in [1.29, 1.82) is 0 Å². The molecule has 0 radical (unpaired) electrons. The van der Waals surface area contributed by atoms with E-state index in [9.17, 15) is 4.79 Å². The van der Waals surface area contributed by atoms with Crippen LogP contribution in [0.5, 0.6) is 0 Å². The molecule has 1 aromatic heterocycles. The SMILES string of the molecule is CCOCCCn1c(C)c(C(N)=O)c(-c2ccc(N(C)C)cc2)c1C. The Kier molecular flexibility index (Phi) is 6.26. The van der Waals surface area contributed by atoms with Crippen molar-refractivity contribution in [3.8, 4) is 11.1 Å². The number of anilines is 1. The maximum atomic E-state index is 12.1. The lowest BCUT2D eigenvalue weighted by Crippen LogP contribution is -2.14. The minimum atomic E-state index is -0.379. The second-order valence-corrected chi connectivity index (χ2v) is 6.43. The van der Waals surface area contributed by atoms with Gasteiger partial charge in [0.15, 0.2) is 0 Å². The van der Waals surface area contributed by atoms with Gasteiger partial charge in [0, 0.05) is 56.5 Å². The average Bonchev–Trinajstić information content (AvgIpc) is 2.83. The van der Waals surface area contributed by atoms with Gasteiger partial charge in [-0.3, -0.25) is 4.79 Å². The van der Waals surface area contributed by atoms with E-state index in [1.165, 1.54) is 0 Å². The van der Waals surface area contributed by atoms with Gasteiger partial charge in [-0.1, -0.05) is 12.1 Å². The third-order valence-corrected chi connectivity index (χ3v) is 4.58. The highest BCUT2D eigenvalue weighted by atomic mass is 16.5. The van der Waals surface area contributed by atoms with E-state index in [1.54, 1.807) is 0 Å². The number of carbonyl (C=O) groups excluding carboxylic acids is 1. The van der Waals surface area contributed by atoms with Gasteiger partial charge in [-0.05, 0) is 44.9 Å². The third kappa shape index (κ3) is 4.04. The summed E-state index contributed by atoms with van der Waals surface area (Å²) >= 11 is 0. The van der Waals surface area contributed by atoms with Crippen LogP contribution >= 0.6 is 0 Å². The number of amides is 1. The van der Waals surface area contributed by atoms with E-state index in [2.05, 4.69) is 28.5 Å². The molecular formula is C20H29N3O2. The molecule has 0 unspecified atom stereocenters. The molecule has 0 saturated carbocycles. The molecule has 2 rings (SSSR count). The Morgan fingerprint density at radius 1 is 1.16 bits per heavy atom. The molecule has 0 bridgehead atoms. The maximum absolute atomic E-state index is 12.1. The summed E-state index contributed by atoms with van der Waals surface area (Å²) in [7, 11) is 4.02. The van der Waals surface area contributed by atoms with E-state index < -0.39 is 0 Å². The number of primary amides is 1. The first-order valence-electron chi connectivity index (χ1n) is 8.73. The van der Waals surface area contributed by atoms with Crippen molar-refractivity contribution in [2.24, 2.45) is 5.73 Å². The minimum Gasteiger partial charge on any atom is -0.382 e. The van der Waals surface area contributed by atoms with Crippen LogP contribution in [-0.2, 0) is 11.3 Å². The number of aromatic nitrogens is 1. The number of nitrogens with zero attached hydrogens (tertiary/aromatic N) is 2. The predicted molar refractivity (Wildman–Crippen MR) is 103 cm³/mol. The molecule has 136 valence electrons. The first-order valence-corrected chi connectivity index (χ1v) is 8.73. The van der Waals surface area contributed by atoms with Crippen LogP contribution in [0.15, 0.2) is 24.3 Å². The van der Waals surface area contributed by atoms with Crippen LogP contribution in [0.2, 0.25) is 0 Å². The summed E-state index contributed by atoms with van der Waals surface area (Å²) in [6.45, 7) is 8.26. The predicted octanol–water partition coefficient (Wildman–Crippen LogP) is 3.36. The lowest BCUT2D eigenvalue weighted by atomic mass is 10.00. The van der Waals surface area contributed by atoms with Gasteiger partial charge in [0.2, 0.25) is 0 Å². The summed E-state index contributed by atoms with van der Waals surface area (Å²) in [5, 5.41) is 0. The van der Waals surface area contributed by atoms with Crippen molar-refractivity contribution in [1.82, 2.24) is 4.57 Å². The van der Waals surface area contributed by atoms with Crippen molar-refractivity contribution in [3.63, 3.8) is 0 Å². The van der Waals surface area contributed by atoms with Gasteiger partial charge in [-0.15, -0.1) is 0 Å². The molecule has 1 amide bonds. The van der Waals surface area contributed by atoms with Gasteiger partial charge in [-0.25, -0.2) is 0 Å². The summed E-state index contributed by atoms with van der Waals surface area (Å²) in [5.41, 5.74) is 11.4. The molecule has 1 aromatic carbocycles. The zero-order chi connectivity index (χ0) is 18.6. The zero-order valence-electron chi connectivity index (χ0n) is 15.9. The van der Waals surface area contributed by atoms with E-state index in [0.717, 1.165) is 47.8 Å². The standard InChI is InChI=1S/C20H29N3O2/c1-6-25-13-7-12-23-14(2)18(19(15(23)3)20(21)24)16-8-10-17(11-9-16)22(4)5/h8-11H,6-7,12-13H2,1-5H3,(H2,21,24). The molecule has 0 aliphatic rings. The van der Waals surface area contributed by atoms with E-state index in [4.69, 9.17) is 10.5 Å². The van der Waals surface area contributed by atoms with E-state index >= 15 is 0 Å². The summed E-state index contributed by atoms with van der Waals surface area (Å²) in [4.78, 5) is 14.2. The number of hydrogen-bond acceptors (Lipinski definition) is 3. The fraction of sp³-hybridized carbons (Fsp3) is 0.450. The van der Waals surface area contributed by atoms with Crippen molar-refractivity contribution in [2.75, 3.05) is 32.2 Å². The van der Waals surface area contributed by atoms with Gasteiger partial charge in [0.1, 0.15) is 0 Å². The van der Waals surface area contributed by atoms with E-state index in [1.807, 2.05) is 40.1 Å². The largest absolute Gasteiger partial charge is 0.382 e. The van der Waals surface area contributed by atoms with Crippen LogP contribution in [0.3, 0.4) is 0 Å². The van der Waals surface area contributed by atoms with Crippen LogP contribution in [0.1, 0.15) is 35.1 Å². The molecule has 0 saturated heterocycles. The molecule has 1 heterocycles. The molecular weight excluding hydrogens is 314 g/mol. The highest BCUT2D eigenvalue weighted by Gasteiger charge is 2.22. The minimum absolute atomic E-state index is 0.379. The fourth-order valence-electron chi connectivity index (χ4n) is 3.27. The molecule has 0 aliphatic heterocycles. The van der Waals surface area contributed by atoms with Gasteiger partial charge < -0.3 is 19.9 Å². The summed E-state index contributed by atoms with van der Waals surface area (Å²) in [6.07, 6.45) is 0.904. The molecule has 25 heavy (non-hydrogen) atoms. The molecule has 0 atom stereocenters. The molecule has 0 aliphatic carbocycles. The van der Waals surface area contributed by atoms with E-state index in [-0.39, 0.29) is 5.91 Å². The highest BCUT2D eigenvalue weighted by molar-refractivity contribution is 6.02. The maximum Gasteiger partial charge on any atom is 0.251 e. The topological polar surface area (TPSA) is 60.5 Å². The first-order chi connectivity index (χ1) is 11.9. The number of rotatable bonds is 8. The smallest absolute Gasteiger partial charge is 0.251 e. The van der Waals surface area contributed by atoms with Crippen LogP contribution in [0.25, 0.3) is 11.1 Å². The van der Waals surface area contributed by atoms with E-state index in [0.29, 0.717) is 12.2 Å². The second-order valence-electron chi connectivity index (χ2n) is 6.43. The van der Waals surface area contributed by atoms with Crippen molar-refractivity contribution >= 4 is 11.6 Å². The molecule has 0 fully saturated rings. The quantitative estimate of drug-likeness (QED) is 0.748. The highest BCUT2D eigenvalue weighted by Crippen LogP contribution is 2.33. The Balaban J connectivity index is 2.44. The molecule has 5 nitrogen and oxygen atoms in total. The molecule has 5 heteroatoms. The van der Waals surface area contributed by atoms with Crippen LogP contribution in [-0.4, -0.2) is 37.8 Å². The fourth-order valence-corrected chi connectivity index (χ4v) is 3.27. The third-order valence-electron chi connectivity index (χ3n) is 4.58. The first kappa shape index (κ1) is 19.1.